The Morgan fingerprint density at radius 3 is 2.59 bits per heavy atom. The maximum absolute atomic E-state index is 12.3. The van der Waals surface area contributed by atoms with E-state index in [2.05, 4.69) is 10.3 Å². The van der Waals surface area contributed by atoms with E-state index in [-0.39, 0.29) is 18.2 Å². The van der Waals surface area contributed by atoms with Crippen molar-refractivity contribution >= 4 is 5.91 Å². The summed E-state index contributed by atoms with van der Waals surface area (Å²) < 4.78 is 0. The highest BCUT2D eigenvalue weighted by atomic mass is 16.3. The summed E-state index contributed by atoms with van der Waals surface area (Å²) in [6, 6.07) is 12.5. The number of rotatable bonds is 6. The van der Waals surface area contributed by atoms with Crippen molar-refractivity contribution in [2.45, 2.75) is 25.8 Å². The molecule has 2 rings (SSSR count). The summed E-state index contributed by atoms with van der Waals surface area (Å²) in [6.45, 7) is 1.82. The molecule has 1 unspecified atom stereocenters. The largest absolute Gasteiger partial charge is 0.396 e. The van der Waals surface area contributed by atoms with Gasteiger partial charge in [0, 0.05) is 12.3 Å². The quantitative estimate of drug-likeness (QED) is 0.762. The van der Waals surface area contributed by atoms with Gasteiger partial charge in [-0.15, -0.1) is 0 Å². The Kier molecular flexibility index (Phi) is 5.49. The van der Waals surface area contributed by atoms with Crippen LogP contribution < -0.4 is 10.9 Å². The summed E-state index contributed by atoms with van der Waals surface area (Å²) in [5.41, 5.74) is 1.36. The fraction of sp³-hybridized carbons (Fsp3) is 0.294. The van der Waals surface area contributed by atoms with Crippen LogP contribution in [0.1, 0.15) is 40.5 Å². The van der Waals surface area contributed by atoms with Gasteiger partial charge in [0.1, 0.15) is 5.56 Å². The highest BCUT2D eigenvalue weighted by Crippen LogP contribution is 2.18. The van der Waals surface area contributed by atoms with Crippen molar-refractivity contribution in [3.05, 3.63) is 69.6 Å². The van der Waals surface area contributed by atoms with Gasteiger partial charge in [0.05, 0.1) is 6.04 Å². The number of hydrogen-bond donors (Lipinski definition) is 3. The molecule has 3 N–H and O–H groups in total. The first-order valence-electron chi connectivity index (χ1n) is 7.28. The summed E-state index contributed by atoms with van der Waals surface area (Å²) in [7, 11) is 0. The van der Waals surface area contributed by atoms with E-state index in [1.165, 1.54) is 6.07 Å². The third-order valence-electron chi connectivity index (χ3n) is 3.46. The molecule has 5 nitrogen and oxygen atoms in total. The minimum atomic E-state index is -0.409. The molecule has 0 aliphatic rings. The summed E-state index contributed by atoms with van der Waals surface area (Å²) in [5, 5.41) is 11.9. The molecule has 0 aliphatic heterocycles. The van der Waals surface area contributed by atoms with Gasteiger partial charge in [-0.2, -0.15) is 0 Å². The number of benzene rings is 1. The fourth-order valence-corrected chi connectivity index (χ4v) is 2.29. The highest BCUT2D eigenvalue weighted by Gasteiger charge is 2.17. The molecule has 1 heterocycles. The average Bonchev–Trinajstić information content (AvgIpc) is 2.52. The molecule has 0 saturated carbocycles. The van der Waals surface area contributed by atoms with Crippen LogP contribution in [0.15, 0.2) is 47.3 Å². The van der Waals surface area contributed by atoms with Crippen LogP contribution in [0.3, 0.4) is 0 Å². The molecule has 2 aromatic rings. The molecule has 1 aromatic carbocycles. The number of aryl methyl sites for hydroxylation is 1. The number of aromatic amines is 1. The van der Waals surface area contributed by atoms with E-state index in [1.54, 1.807) is 13.0 Å². The van der Waals surface area contributed by atoms with Crippen LogP contribution >= 0.6 is 0 Å². The minimum absolute atomic E-state index is 0.0598. The van der Waals surface area contributed by atoms with Crippen LogP contribution in [-0.2, 0) is 0 Å². The van der Waals surface area contributed by atoms with Crippen molar-refractivity contribution in [1.82, 2.24) is 10.3 Å². The zero-order valence-electron chi connectivity index (χ0n) is 12.5. The van der Waals surface area contributed by atoms with Crippen molar-refractivity contribution in [3.8, 4) is 0 Å². The van der Waals surface area contributed by atoms with Crippen molar-refractivity contribution < 1.29 is 9.90 Å². The van der Waals surface area contributed by atoms with Crippen LogP contribution in [0.4, 0.5) is 0 Å². The maximum atomic E-state index is 12.3. The first-order valence-corrected chi connectivity index (χ1v) is 7.28. The number of carbonyl (C=O) groups is 1. The van der Waals surface area contributed by atoms with E-state index in [0.717, 1.165) is 5.56 Å². The third-order valence-corrected chi connectivity index (χ3v) is 3.46. The lowest BCUT2D eigenvalue weighted by Gasteiger charge is -2.18. The molecule has 0 saturated heterocycles. The molecule has 22 heavy (non-hydrogen) atoms. The predicted octanol–water partition coefficient (Wildman–Crippen LogP) is 1.93. The van der Waals surface area contributed by atoms with E-state index >= 15 is 0 Å². The SMILES string of the molecule is Cc1ccc(C(=O)NC(CCCO)c2ccccc2)c(=O)[nH]1. The fourth-order valence-electron chi connectivity index (χ4n) is 2.29. The van der Waals surface area contributed by atoms with Crippen molar-refractivity contribution in [2.75, 3.05) is 6.61 Å². The zero-order valence-corrected chi connectivity index (χ0v) is 12.5. The summed E-state index contributed by atoms with van der Waals surface area (Å²) in [4.78, 5) is 26.8. The molecule has 116 valence electrons. The second-order valence-electron chi connectivity index (χ2n) is 5.19. The molecule has 0 bridgehead atoms. The van der Waals surface area contributed by atoms with Gasteiger partial charge in [0.15, 0.2) is 0 Å². The van der Waals surface area contributed by atoms with E-state index in [0.29, 0.717) is 18.5 Å². The Balaban J connectivity index is 2.19. The van der Waals surface area contributed by atoms with E-state index in [9.17, 15) is 9.59 Å². The monoisotopic (exact) mass is 300 g/mol. The van der Waals surface area contributed by atoms with Gasteiger partial charge in [-0.25, -0.2) is 0 Å². The number of amides is 1. The standard InChI is InChI=1S/C17H20N2O3/c1-12-9-10-14(16(21)18-12)17(22)19-15(8-5-11-20)13-6-3-2-4-7-13/h2-4,6-7,9-10,15,20H,5,8,11H2,1H3,(H,18,21)(H,19,22). The number of aromatic nitrogens is 1. The number of pyridine rings is 1. The topological polar surface area (TPSA) is 82.2 Å². The first kappa shape index (κ1) is 16.0. The van der Waals surface area contributed by atoms with Crippen LogP contribution in [0, 0.1) is 6.92 Å². The second kappa shape index (κ2) is 7.56. The predicted molar refractivity (Wildman–Crippen MR) is 84.8 cm³/mol. The Labute approximate surface area is 129 Å². The van der Waals surface area contributed by atoms with Gasteiger partial charge in [-0.1, -0.05) is 30.3 Å². The number of aliphatic hydroxyl groups excluding tert-OH is 1. The minimum Gasteiger partial charge on any atom is -0.396 e. The normalized spacial score (nSPS) is 11.9. The molecule has 0 spiro atoms. The van der Waals surface area contributed by atoms with Crippen LogP contribution in [0.5, 0.6) is 0 Å². The second-order valence-corrected chi connectivity index (χ2v) is 5.19. The molecule has 1 atom stereocenters. The number of carbonyl (C=O) groups excluding carboxylic acids is 1. The third kappa shape index (κ3) is 4.05. The molecular weight excluding hydrogens is 280 g/mol. The molecule has 0 aliphatic carbocycles. The maximum Gasteiger partial charge on any atom is 0.260 e. The first-order chi connectivity index (χ1) is 10.6. The van der Waals surface area contributed by atoms with Crippen LogP contribution in [0.2, 0.25) is 0 Å². The van der Waals surface area contributed by atoms with E-state index < -0.39 is 11.5 Å². The van der Waals surface area contributed by atoms with Gasteiger partial charge in [-0.05, 0) is 37.5 Å². The number of nitrogens with one attached hydrogen (secondary N) is 2. The Hall–Kier alpha value is -2.40. The van der Waals surface area contributed by atoms with Gasteiger partial charge in [0.2, 0.25) is 0 Å². The van der Waals surface area contributed by atoms with E-state index in [1.807, 2.05) is 30.3 Å². The lowest BCUT2D eigenvalue weighted by molar-refractivity contribution is 0.0931. The summed E-state index contributed by atoms with van der Waals surface area (Å²) in [5.74, 6) is -0.409. The van der Waals surface area contributed by atoms with Gasteiger partial charge < -0.3 is 15.4 Å². The average molecular weight is 300 g/mol. The van der Waals surface area contributed by atoms with Gasteiger partial charge in [0.25, 0.3) is 11.5 Å². The molecule has 1 amide bonds. The Bertz CT molecular complexity index is 680. The van der Waals surface area contributed by atoms with Crippen molar-refractivity contribution in [1.29, 1.82) is 0 Å². The Morgan fingerprint density at radius 1 is 1.23 bits per heavy atom. The van der Waals surface area contributed by atoms with Crippen LogP contribution in [-0.4, -0.2) is 22.6 Å². The van der Waals surface area contributed by atoms with Crippen molar-refractivity contribution in [2.24, 2.45) is 0 Å². The molecule has 5 heteroatoms. The number of aliphatic hydroxyl groups is 1. The molecular formula is C17H20N2O3. The van der Waals surface area contributed by atoms with E-state index in [4.69, 9.17) is 5.11 Å². The molecule has 1 aromatic heterocycles. The lowest BCUT2D eigenvalue weighted by Crippen LogP contribution is -2.33. The van der Waals surface area contributed by atoms with Gasteiger partial charge in [-0.3, -0.25) is 9.59 Å². The zero-order chi connectivity index (χ0) is 15.9. The Morgan fingerprint density at radius 2 is 1.95 bits per heavy atom. The number of H-pyrrole nitrogens is 1. The summed E-state index contributed by atoms with van der Waals surface area (Å²) >= 11 is 0. The van der Waals surface area contributed by atoms with Gasteiger partial charge >= 0.3 is 0 Å². The molecule has 0 fully saturated rings. The smallest absolute Gasteiger partial charge is 0.260 e. The number of hydrogen-bond acceptors (Lipinski definition) is 3. The van der Waals surface area contributed by atoms with Crippen LogP contribution in [0.25, 0.3) is 0 Å². The van der Waals surface area contributed by atoms with Crippen molar-refractivity contribution in [3.63, 3.8) is 0 Å². The molecule has 0 radical (unpaired) electrons. The lowest BCUT2D eigenvalue weighted by atomic mass is 10.0. The highest BCUT2D eigenvalue weighted by molar-refractivity contribution is 5.94. The summed E-state index contributed by atoms with van der Waals surface area (Å²) in [6.07, 6.45) is 1.18.